The van der Waals surface area contributed by atoms with E-state index in [1.165, 1.54) is 12.8 Å². The topological polar surface area (TPSA) is 41.1 Å². The molecule has 18 heavy (non-hydrogen) atoms. The van der Waals surface area contributed by atoms with Gasteiger partial charge in [-0.05, 0) is 49.4 Å². The normalized spacial score (nSPS) is 16.3. The van der Waals surface area contributed by atoms with E-state index in [9.17, 15) is 4.79 Å². The molecule has 1 aliphatic carbocycles. The highest BCUT2D eigenvalue weighted by molar-refractivity contribution is 6.30. The molecular formula is C14H19ClN2O. The van der Waals surface area contributed by atoms with Gasteiger partial charge in [0, 0.05) is 10.7 Å². The Morgan fingerprint density at radius 3 is 2.94 bits per heavy atom. The first kappa shape index (κ1) is 13.4. The van der Waals surface area contributed by atoms with Crippen molar-refractivity contribution in [2.24, 2.45) is 11.8 Å². The molecule has 2 N–H and O–H groups in total. The zero-order valence-corrected chi connectivity index (χ0v) is 11.3. The van der Waals surface area contributed by atoms with Crippen molar-refractivity contribution in [3.05, 3.63) is 29.3 Å². The second-order valence-corrected chi connectivity index (χ2v) is 5.44. The predicted octanol–water partition coefficient (Wildman–Crippen LogP) is 2.91. The van der Waals surface area contributed by atoms with Crippen molar-refractivity contribution < 1.29 is 4.79 Å². The van der Waals surface area contributed by atoms with Crippen LogP contribution >= 0.6 is 11.6 Å². The second-order valence-electron chi connectivity index (χ2n) is 5.00. The molecule has 0 saturated heterocycles. The molecule has 0 aromatic heterocycles. The summed E-state index contributed by atoms with van der Waals surface area (Å²) in [7, 11) is 0. The van der Waals surface area contributed by atoms with Crippen molar-refractivity contribution in [1.29, 1.82) is 0 Å². The van der Waals surface area contributed by atoms with Gasteiger partial charge in [0.25, 0.3) is 0 Å². The van der Waals surface area contributed by atoms with E-state index in [1.54, 1.807) is 12.1 Å². The molecule has 3 nitrogen and oxygen atoms in total. The lowest BCUT2D eigenvalue weighted by atomic mass is 10.1. The minimum atomic E-state index is -0.0275. The summed E-state index contributed by atoms with van der Waals surface area (Å²) in [5.41, 5.74) is 0.740. The van der Waals surface area contributed by atoms with Crippen LogP contribution in [0.4, 0.5) is 5.69 Å². The van der Waals surface area contributed by atoms with Crippen LogP contribution in [0.1, 0.15) is 19.8 Å². The van der Waals surface area contributed by atoms with Crippen LogP contribution in [0.3, 0.4) is 0 Å². The third-order valence-electron chi connectivity index (χ3n) is 3.29. The molecule has 0 spiro atoms. The minimum absolute atomic E-state index is 0.0275. The first-order valence-corrected chi connectivity index (χ1v) is 6.79. The van der Waals surface area contributed by atoms with E-state index >= 15 is 0 Å². The van der Waals surface area contributed by atoms with Gasteiger partial charge < -0.3 is 10.6 Å². The summed E-state index contributed by atoms with van der Waals surface area (Å²) in [4.78, 5) is 11.7. The number of amides is 1. The van der Waals surface area contributed by atoms with E-state index in [2.05, 4.69) is 17.6 Å². The van der Waals surface area contributed by atoms with Crippen molar-refractivity contribution in [2.45, 2.75) is 19.8 Å². The summed E-state index contributed by atoms with van der Waals surface area (Å²) in [6, 6.07) is 7.18. The van der Waals surface area contributed by atoms with Crippen LogP contribution in [0, 0.1) is 11.8 Å². The highest BCUT2D eigenvalue weighted by Crippen LogP contribution is 2.35. The van der Waals surface area contributed by atoms with Crippen LogP contribution in [0.15, 0.2) is 24.3 Å². The van der Waals surface area contributed by atoms with Gasteiger partial charge in [0.05, 0.1) is 6.54 Å². The molecule has 2 rings (SSSR count). The zero-order chi connectivity index (χ0) is 13.0. The molecule has 1 aromatic rings. The van der Waals surface area contributed by atoms with E-state index in [4.69, 9.17) is 11.6 Å². The maximum absolute atomic E-state index is 11.7. The minimum Gasteiger partial charge on any atom is -0.325 e. The van der Waals surface area contributed by atoms with E-state index in [1.807, 2.05) is 12.1 Å². The van der Waals surface area contributed by atoms with Crippen LogP contribution in [0.2, 0.25) is 5.02 Å². The molecule has 0 heterocycles. The average molecular weight is 267 g/mol. The van der Waals surface area contributed by atoms with Gasteiger partial charge in [0.1, 0.15) is 0 Å². The third-order valence-corrected chi connectivity index (χ3v) is 3.52. The lowest BCUT2D eigenvalue weighted by molar-refractivity contribution is -0.115. The summed E-state index contributed by atoms with van der Waals surface area (Å²) in [5, 5.41) is 6.64. The predicted molar refractivity (Wildman–Crippen MR) is 74.8 cm³/mol. The van der Waals surface area contributed by atoms with Gasteiger partial charge in [-0.1, -0.05) is 24.6 Å². The number of benzene rings is 1. The van der Waals surface area contributed by atoms with Crippen molar-refractivity contribution in [3.63, 3.8) is 0 Å². The summed E-state index contributed by atoms with van der Waals surface area (Å²) in [6.07, 6.45) is 2.69. The Kier molecular flexibility index (Phi) is 4.61. The molecular weight excluding hydrogens is 248 g/mol. The number of nitrogens with one attached hydrogen (secondary N) is 2. The fraction of sp³-hybridized carbons (Fsp3) is 0.500. The maximum Gasteiger partial charge on any atom is 0.238 e. The molecule has 0 aliphatic heterocycles. The molecule has 4 heteroatoms. The molecule has 1 unspecified atom stereocenters. The molecule has 98 valence electrons. The molecule has 1 fully saturated rings. The number of hydrogen-bond acceptors (Lipinski definition) is 2. The fourth-order valence-electron chi connectivity index (χ4n) is 2.02. The first-order chi connectivity index (χ1) is 8.65. The monoisotopic (exact) mass is 266 g/mol. The van der Waals surface area contributed by atoms with E-state index < -0.39 is 0 Å². The lowest BCUT2D eigenvalue weighted by Crippen LogP contribution is -2.31. The Bertz CT molecular complexity index is 418. The molecule has 1 aromatic carbocycles. The van der Waals surface area contributed by atoms with Gasteiger partial charge in [-0.3, -0.25) is 4.79 Å². The molecule has 1 atom stereocenters. The maximum atomic E-state index is 11.7. The third kappa shape index (κ3) is 4.31. The standard InChI is InChI=1S/C14H19ClN2O/c1-10(11-5-6-11)8-16-9-14(18)17-13-4-2-3-12(15)7-13/h2-4,7,10-11,16H,5-6,8-9H2,1H3,(H,17,18). The SMILES string of the molecule is CC(CNCC(=O)Nc1cccc(Cl)c1)C1CC1. The average Bonchev–Trinajstić information content (AvgIpc) is 3.12. The molecule has 0 radical (unpaired) electrons. The van der Waals surface area contributed by atoms with E-state index in [0.717, 1.165) is 18.2 Å². The Balaban J connectivity index is 1.68. The summed E-state index contributed by atoms with van der Waals surface area (Å²) < 4.78 is 0. The van der Waals surface area contributed by atoms with Crippen molar-refractivity contribution >= 4 is 23.2 Å². The van der Waals surface area contributed by atoms with Crippen molar-refractivity contribution in [2.75, 3.05) is 18.4 Å². The zero-order valence-electron chi connectivity index (χ0n) is 10.6. The number of carbonyl (C=O) groups excluding carboxylic acids is 1. The quantitative estimate of drug-likeness (QED) is 0.831. The lowest BCUT2D eigenvalue weighted by Gasteiger charge is -2.11. The van der Waals surface area contributed by atoms with Crippen LogP contribution < -0.4 is 10.6 Å². The fourth-order valence-corrected chi connectivity index (χ4v) is 2.21. The molecule has 0 bridgehead atoms. The molecule has 1 aliphatic rings. The number of carbonyl (C=O) groups is 1. The van der Waals surface area contributed by atoms with Gasteiger partial charge in [-0.2, -0.15) is 0 Å². The van der Waals surface area contributed by atoms with Crippen LogP contribution in [0.25, 0.3) is 0 Å². The van der Waals surface area contributed by atoms with Gasteiger partial charge in [-0.25, -0.2) is 0 Å². The number of rotatable bonds is 6. The highest BCUT2D eigenvalue weighted by atomic mass is 35.5. The van der Waals surface area contributed by atoms with Crippen LogP contribution in [0.5, 0.6) is 0 Å². The summed E-state index contributed by atoms with van der Waals surface area (Å²) in [6.45, 7) is 3.50. The second kappa shape index (κ2) is 6.21. The largest absolute Gasteiger partial charge is 0.325 e. The first-order valence-electron chi connectivity index (χ1n) is 6.41. The van der Waals surface area contributed by atoms with Crippen molar-refractivity contribution in [3.8, 4) is 0 Å². The van der Waals surface area contributed by atoms with Gasteiger partial charge >= 0.3 is 0 Å². The van der Waals surface area contributed by atoms with E-state index in [0.29, 0.717) is 17.5 Å². The number of hydrogen-bond donors (Lipinski definition) is 2. The van der Waals surface area contributed by atoms with Gasteiger partial charge in [-0.15, -0.1) is 0 Å². The van der Waals surface area contributed by atoms with Gasteiger partial charge in [0.2, 0.25) is 5.91 Å². The van der Waals surface area contributed by atoms with Gasteiger partial charge in [0.15, 0.2) is 0 Å². The van der Waals surface area contributed by atoms with Crippen LogP contribution in [-0.4, -0.2) is 19.0 Å². The Morgan fingerprint density at radius 1 is 1.50 bits per heavy atom. The molecule has 1 saturated carbocycles. The molecule has 1 amide bonds. The summed E-state index contributed by atoms with van der Waals surface area (Å²) >= 11 is 5.85. The number of halogens is 1. The van der Waals surface area contributed by atoms with Crippen molar-refractivity contribution in [1.82, 2.24) is 5.32 Å². The smallest absolute Gasteiger partial charge is 0.238 e. The Morgan fingerprint density at radius 2 is 2.28 bits per heavy atom. The Labute approximate surface area is 113 Å². The number of anilines is 1. The van der Waals surface area contributed by atoms with Crippen LogP contribution in [-0.2, 0) is 4.79 Å². The summed E-state index contributed by atoms with van der Waals surface area (Å²) in [5.74, 6) is 1.51. The Hall–Kier alpha value is -1.06. The van der Waals surface area contributed by atoms with E-state index in [-0.39, 0.29) is 5.91 Å². The highest BCUT2D eigenvalue weighted by Gasteiger charge is 2.27.